The standard InChI is InChI=1S/C19H18FN3O4S/c1-4-13(16(24)23-12-7-5-11(20)6-8-12)27-19(26)15-9(2)14-17(25)21-10(3)22-18(14)28-15/h5-8,13H,4H2,1-3H3,(H,23,24)(H,21,22,25). The van der Waals surface area contributed by atoms with Gasteiger partial charge in [-0.2, -0.15) is 0 Å². The van der Waals surface area contributed by atoms with Crippen molar-refractivity contribution in [3.8, 4) is 0 Å². The van der Waals surface area contributed by atoms with Crippen LogP contribution in [0.15, 0.2) is 29.1 Å². The number of hydrogen-bond acceptors (Lipinski definition) is 6. The van der Waals surface area contributed by atoms with Gasteiger partial charge in [0.05, 0.1) is 5.39 Å². The van der Waals surface area contributed by atoms with Crippen molar-refractivity contribution in [2.75, 3.05) is 5.32 Å². The molecule has 0 spiro atoms. The Morgan fingerprint density at radius 1 is 1.29 bits per heavy atom. The first kappa shape index (κ1) is 19.7. The van der Waals surface area contributed by atoms with E-state index in [9.17, 15) is 18.8 Å². The third kappa shape index (κ3) is 3.94. The molecule has 9 heteroatoms. The number of carbonyl (C=O) groups excluding carboxylic acids is 2. The van der Waals surface area contributed by atoms with E-state index in [0.717, 1.165) is 11.3 Å². The molecule has 146 valence electrons. The van der Waals surface area contributed by atoms with Gasteiger partial charge in [-0.15, -0.1) is 11.3 Å². The Morgan fingerprint density at radius 2 is 1.96 bits per heavy atom. The van der Waals surface area contributed by atoms with Crippen LogP contribution in [0.3, 0.4) is 0 Å². The van der Waals surface area contributed by atoms with Crippen LogP contribution in [0.2, 0.25) is 0 Å². The van der Waals surface area contributed by atoms with E-state index in [-0.39, 0.29) is 16.9 Å². The topological polar surface area (TPSA) is 101 Å². The molecule has 1 atom stereocenters. The van der Waals surface area contributed by atoms with Crippen LogP contribution in [0.5, 0.6) is 0 Å². The molecular weight excluding hydrogens is 385 g/mol. The summed E-state index contributed by atoms with van der Waals surface area (Å²) in [6.07, 6.45) is -0.782. The van der Waals surface area contributed by atoms with Crippen molar-refractivity contribution < 1.29 is 18.7 Å². The predicted octanol–water partition coefficient (Wildman–Crippen LogP) is 3.31. The van der Waals surface area contributed by atoms with Crippen LogP contribution in [0, 0.1) is 19.7 Å². The van der Waals surface area contributed by atoms with Crippen molar-refractivity contribution >= 4 is 39.1 Å². The molecule has 2 aromatic heterocycles. The molecule has 0 fully saturated rings. The molecule has 2 heterocycles. The van der Waals surface area contributed by atoms with Crippen LogP contribution in [-0.4, -0.2) is 27.9 Å². The van der Waals surface area contributed by atoms with Gasteiger partial charge in [0.1, 0.15) is 21.3 Å². The smallest absolute Gasteiger partial charge is 0.349 e. The van der Waals surface area contributed by atoms with Crippen molar-refractivity contribution in [1.82, 2.24) is 9.97 Å². The molecule has 0 bridgehead atoms. The average Bonchev–Trinajstić information content (AvgIpc) is 2.98. The highest BCUT2D eigenvalue weighted by atomic mass is 32.1. The highest BCUT2D eigenvalue weighted by Crippen LogP contribution is 2.28. The SMILES string of the molecule is CCC(OC(=O)c1sc2nc(C)[nH]c(=O)c2c1C)C(=O)Nc1ccc(F)cc1. The monoisotopic (exact) mass is 403 g/mol. The summed E-state index contributed by atoms with van der Waals surface area (Å²) < 4.78 is 18.3. The summed E-state index contributed by atoms with van der Waals surface area (Å²) in [6.45, 7) is 5.00. The number of hydrogen-bond donors (Lipinski definition) is 2. The third-order valence-electron chi connectivity index (χ3n) is 4.13. The van der Waals surface area contributed by atoms with Gasteiger partial charge in [-0.1, -0.05) is 6.92 Å². The molecule has 2 N–H and O–H groups in total. The number of ether oxygens (including phenoxy) is 1. The summed E-state index contributed by atoms with van der Waals surface area (Å²) >= 11 is 1.05. The number of benzene rings is 1. The Hall–Kier alpha value is -3.07. The molecule has 3 aromatic rings. The Morgan fingerprint density at radius 3 is 2.61 bits per heavy atom. The third-order valence-corrected chi connectivity index (χ3v) is 5.29. The number of aryl methyl sites for hydroxylation is 2. The van der Waals surface area contributed by atoms with Crippen molar-refractivity contribution in [2.24, 2.45) is 0 Å². The zero-order valence-corrected chi connectivity index (χ0v) is 16.3. The van der Waals surface area contributed by atoms with Gasteiger partial charge < -0.3 is 15.0 Å². The maximum absolute atomic E-state index is 13.0. The van der Waals surface area contributed by atoms with E-state index in [1.807, 2.05) is 0 Å². The molecule has 28 heavy (non-hydrogen) atoms. The van der Waals surface area contributed by atoms with Gasteiger partial charge in [0.25, 0.3) is 11.5 Å². The number of thiophene rings is 1. The van der Waals surface area contributed by atoms with E-state index in [2.05, 4.69) is 15.3 Å². The van der Waals surface area contributed by atoms with Gasteiger partial charge >= 0.3 is 5.97 Å². The fourth-order valence-corrected chi connectivity index (χ4v) is 3.82. The summed E-state index contributed by atoms with van der Waals surface area (Å²) in [4.78, 5) is 44.7. The predicted molar refractivity (Wildman–Crippen MR) is 104 cm³/mol. The number of aromatic nitrogens is 2. The minimum absolute atomic E-state index is 0.228. The van der Waals surface area contributed by atoms with Crippen molar-refractivity contribution in [1.29, 1.82) is 0 Å². The molecule has 0 radical (unpaired) electrons. The first-order chi connectivity index (χ1) is 13.3. The van der Waals surface area contributed by atoms with Gasteiger partial charge in [-0.25, -0.2) is 14.2 Å². The van der Waals surface area contributed by atoms with E-state index in [1.165, 1.54) is 24.3 Å². The molecular formula is C19H18FN3O4S. The van der Waals surface area contributed by atoms with Crippen LogP contribution < -0.4 is 10.9 Å². The summed E-state index contributed by atoms with van der Waals surface area (Å²) in [7, 11) is 0. The molecule has 1 unspecified atom stereocenters. The number of nitrogens with one attached hydrogen (secondary N) is 2. The number of carbonyl (C=O) groups is 2. The summed E-state index contributed by atoms with van der Waals surface area (Å²) in [5.74, 6) is -1.19. The molecule has 0 saturated carbocycles. The zero-order chi connectivity index (χ0) is 20.4. The summed E-state index contributed by atoms with van der Waals surface area (Å²) in [6, 6.07) is 5.27. The van der Waals surface area contributed by atoms with Crippen LogP contribution in [-0.2, 0) is 9.53 Å². The van der Waals surface area contributed by atoms with Crippen molar-refractivity contribution in [2.45, 2.75) is 33.3 Å². The number of fused-ring (bicyclic) bond motifs is 1. The van der Waals surface area contributed by atoms with Crippen LogP contribution >= 0.6 is 11.3 Å². The summed E-state index contributed by atoms with van der Waals surface area (Å²) in [5.41, 5.74) is 0.536. The number of H-pyrrole nitrogens is 1. The van der Waals surface area contributed by atoms with E-state index in [0.29, 0.717) is 27.3 Å². The lowest BCUT2D eigenvalue weighted by atomic mass is 10.2. The molecule has 0 aliphatic carbocycles. The average molecular weight is 403 g/mol. The Kier molecular flexibility index (Phi) is 5.55. The minimum Gasteiger partial charge on any atom is -0.448 e. The van der Waals surface area contributed by atoms with E-state index < -0.39 is 23.8 Å². The fraction of sp³-hybridized carbons (Fsp3) is 0.263. The first-order valence-electron chi connectivity index (χ1n) is 8.57. The molecule has 3 rings (SSSR count). The first-order valence-corrected chi connectivity index (χ1v) is 9.39. The van der Waals surface area contributed by atoms with Crippen molar-refractivity contribution in [3.05, 3.63) is 56.7 Å². The van der Waals surface area contributed by atoms with Crippen LogP contribution in [0.4, 0.5) is 10.1 Å². The van der Waals surface area contributed by atoms with Crippen LogP contribution in [0.25, 0.3) is 10.2 Å². The number of amides is 1. The number of rotatable bonds is 5. The molecule has 0 aliphatic rings. The minimum atomic E-state index is -1.03. The maximum atomic E-state index is 13.0. The Bertz CT molecular complexity index is 1100. The number of esters is 1. The van der Waals surface area contributed by atoms with E-state index in [4.69, 9.17) is 4.74 Å². The molecule has 0 saturated heterocycles. The Labute approximate surface area is 163 Å². The van der Waals surface area contributed by atoms with E-state index >= 15 is 0 Å². The number of nitrogens with zero attached hydrogens (tertiary/aromatic N) is 1. The van der Waals surface area contributed by atoms with Gasteiger partial charge in [-0.3, -0.25) is 9.59 Å². The number of halogens is 1. The second kappa shape index (κ2) is 7.89. The number of anilines is 1. The quantitative estimate of drug-likeness (QED) is 0.637. The second-order valence-corrected chi connectivity index (χ2v) is 7.19. The van der Waals surface area contributed by atoms with Gasteiger partial charge in [0, 0.05) is 5.69 Å². The molecule has 1 amide bonds. The molecule has 0 aliphatic heterocycles. The highest BCUT2D eigenvalue weighted by molar-refractivity contribution is 7.20. The summed E-state index contributed by atoms with van der Waals surface area (Å²) in [5, 5.41) is 2.93. The molecule has 1 aromatic carbocycles. The van der Waals surface area contributed by atoms with Crippen LogP contribution in [0.1, 0.15) is 34.4 Å². The van der Waals surface area contributed by atoms with Gasteiger partial charge in [0.2, 0.25) is 0 Å². The zero-order valence-electron chi connectivity index (χ0n) is 15.5. The fourth-order valence-electron chi connectivity index (χ4n) is 2.71. The lowest BCUT2D eigenvalue weighted by molar-refractivity contribution is -0.124. The number of aromatic amines is 1. The maximum Gasteiger partial charge on any atom is 0.349 e. The largest absolute Gasteiger partial charge is 0.448 e. The second-order valence-electron chi connectivity index (χ2n) is 6.19. The lowest BCUT2D eigenvalue weighted by Crippen LogP contribution is -2.32. The molecule has 7 nitrogen and oxygen atoms in total. The Balaban J connectivity index is 1.80. The highest BCUT2D eigenvalue weighted by Gasteiger charge is 2.26. The normalized spacial score (nSPS) is 12.0. The lowest BCUT2D eigenvalue weighted by Gasteiger charge is -2.16. The van der Waals surface area contributed by atoms with Gasteiger partial charge in [-0.05, 0) is 50.1 Å². The van der Waals surface area contributed by atoms with E-state index in [1.54, 1.807) is 20.8 Å². The van der Waals surface area contributed by atoms with Gasteiger partial charge in [0.15, 0.2) is 6.10 Å². The van der Waals surface area contributed by atoms with Crippen molar-refractivity contribution in [3.63, 3.8) is 0 Å².